The van der Waals surface area contributed by atoms with E-state index in [-0.39, 0.29) is 5.60 Å². The zero-order valence-corrected chi connectivity index (χ0v) is 15.1. The van der Waals surface area contributed by atoms with E-state index in [1.165, 1.54) is 0 Å². The fourth-order valence-electron chi connectivity index (χ4n) is 1.61. The number of ether oxygens (including phenoxy) is 2. The van der Waals surface area contributed by atoms with Gasteiger partial charge in [-0.1, -0.05) is 0 Å². The molecular formula is C13H29ClO5Si. The van der Waals surface area contributed by atoms with E-state index in [0.717, 1.165) is 6.42 Å². The lowest BCUT2D eigenvalue weighted by molar-refractivity contribution is -0.0205. The van der Waals surface area contributed by atoms with Gasteiger partial charge in [-0.05, 0) is 27.2 Å². The molecule has 0 aromatic heterocycles. The predicted molar refractivity (Wildman–Crippen MR) is 82.4 cm³/mol. The van der Waals surface area contributed by atoms with E-state index in [1.807, 2.05) is 20.8 Å². The van der Waals surface area contributed by atoms with Gasteiger partial charge in [-0.15, -0.1) is 11.6 Å². The molecule has 0 fully saturated rings. The first kappa shape index (κ1) is 20.3. The van der Waals surface area contributed by atoms with Crippen molar-refractivity contribution in [1.82, 2.24) is 0 Å². The summed E-state index contributed by atoms with van der Waals surface area (Å²) >= 11 is 5.81. The molecular weight excluding hydrogens is 300 g/mol. The van der Waals surface area contributed by atoms with E-state index < -0.39 is 8.80 Å². The van der Waals surface area contributed by atoms with E-state index >= 15 is 0 Å². The second-order valence-corrected chi connectivity index (χ2v) is 8.40. The van der Waals surface area contributed by atoms with Crippen LogP contribution in [0, 0.1) is 0 Å². The van der Waals surface area contributed by atoms with Crippen molar-refractivity contribution in [2.24, 2.45) is 0 Å². The molecule has 0 aliphatic heterocycles. The molecule has 7 heteroatoms. The smallest absolute Gasteiger partial charge is 0.382 e. The molecule has 0 unspecified atom stereocenters. The van der Waals surface area contributed by atoms with Crippen LogP contribution in [-0.2, 0) is 22.8 Å². The quantitative estimate of drug-likeness (QED) is 0.313. The lowest BCUT2D eigenvalue weighted by Crippen LogP contribution is -2.51. The van der Waals surface area contributed by atoms with Gasteiger partial charge in [0.05, 0.1) is 32.0 Å². The molecule has 0 atom stereocenters. The highest BCUT2D eigenvalue weighted by atomic mass is 35.5. The molecule has 5 nitrogen and oxygen atoms in total. The highest BCUT2D eigenvalue weighted by Crippen LogP contribution is 2.25. The van der Waals surface area contributed by atoms with Crippen LogP contribution in [0.5, 0.6) is 0 Å². The van der Waals surface area contributed by atoms with Gasteiger partial charge in [0.15, 0.2) is 0 Å². The first-order valence-corrected chi connectivity index (χ1v) is 9.37. The Labute approximate surface area is 129 Å². The van der Waals surface area contributed by atoms with Gasteiger partial charge in [0.1, 0.15) is 0 Å². The third-order valence-electron chi connectivity index (χ3n) is 2.30. The third kappa shape index (κ3) is 10.1. The summed E-state index contributed by atoms with van der Waals surface area (Å²) in [6.07, 6.45) is 0.795. The van der Waals surface area contributed by atoms with E-state index in [1.54, 1.807) is 14.2 Å². The average molecular weight is 329 g/mol. The molecule has 122 valence electrons. The monoisotopic (exact) mass is 328 g/mol. The molecule has 0 saturated carbocycles. The van der Waals surface area contributed by atoms with Crippen LogP contribution >= 0.6 is 11.6 Å². The van der Waals surface area contributed by atoms with E-state index in [4.69, 9.17) is 34.4 Å². The number of hydrogen-bond acceptors (Lipinski definition) is 5. The van der Waals surface area contributed by atoms with Gasteiger partial charge in [0.2, 0.25) is 0 Å². The zero-order valence-electron chi connectivity index (χ0n) is 13.4. The summed E-state index contributed by atoms with van der Waals surface area (Å²) in [5, 5.41) is 0. The van der Waals surface area contributed by atoms with Crippen LogP contribution in [0.3, 0.4) is 0 Å². The summed E-state index contributed by atoms with van der Waals surface area (Å²) in [7, 11) is 0.510. The van der Waals surface area contributed by atoms with Gasteiger partial charge < -0.3 is 22.8 Å². The maximum atomic E-state index is 6.15. The Morgan fingerprint density at radius 2 is 1.40 bits per heavy atom. The largest absolute Gasteiger partial charge is 0.501 e. The zero-order chi connectivity index (χ0) is 15.5. The Morgan fingerprint density at radius 1 is 0.900 bits per heavy atom. The standard InChI is InChI=1S/C13H29ClO5Si/c1-13(2,3)19-20(12-6-7-14,17-10-8-15-4)18-11-9-16-5/h6-12H2,1-5H3. The van der Waals surface area contributed by atoms with Crippen molar-refractivity contribution in [3.05, 3.63) is 0 Å². The number of rotatable bonds is 12. The normalized spacial score (nSPS) is 12.9. The Morgan fingerprint density at radius 3 is 1.75 bits per heavy atom. The van der Waals surface area contributed by atoms with E-state index in [2.05, 4.69) is 0 Å². The molecule has 0 radical (unpaired) electrons. The Balaban J connectivity index is 4.75. The number of hydrogen-bond donors (Lipinski definition) is 0. The van der Waals surface area contributed by atoms with Crippen LogP contribution in [0.25, 0.3) is 0 Å². The van der Waals surface area contributed by atoms with Crippen molar-refractivity contribution < 1.29 is 22.8 Å². The van der Waals surface area contributed by atoms with Crippen LogP contribution in [0.2, 0.25) is 6.04 Å². The molecule has 0 saturated heterocycles. The SMILES string of the molecule is COCCO[Si](CCCCl)(OCCOC)OC(C)(C)C. The summed E-state index contributed by atoms with van der Waals surface area (Å²) in [5.74, 6) is 0.559. The van der Waals surface area contributed by atoms with Gasteiger partial charge in [0.25, 0.3) is 0 Å². The van der Waals surface area contributed by atoms with Crippen molar-refractivity contribution in [3.63, 3.8) is 0 Å². The fraction of sp³-hybridized carbons (Fsp3) is 1.00. The molecule has 0 aromatic carbocycles. The molecule has 0 amide bonds. The molecule has 0 spiro atoms. The lowest BCUT2D eigenvalue weighted by atomic mass is 10.2. The average Bonchev–Trinajstić information content (AvgIpc) is 2.35. The van der Waals surface area contributed by atoms with Gasteiger partial charge >= 0.3 is 8.80 Å². The van der Waals surface area contributed by atoms with Crippen LogP contribution in [0.15, 0.2) is 0 Å². The van der Waals surface area contributed by atoms with Crippen molar-refractivity contribution in [3.8, 4) is 0 Å². The molecule has 0 bridgehead atoms. The molecule has 0 aromatic rings. The van der Waals surface area contributed by atoms with Gasteiger partial charge in [-0.2, -0.15) is 0 Å². The minimum Gasteiger partial charge on any atom is -0.382 e. The Kier molecular flexibility index (Phi) is 11.1. The van der Waals surface area contributed by atoms with Gasteiger partial charge in [-0.25, -0.2) is 0 Å². The summed E-state index contributed by atoms with van der Waals surface area (Å²) < 4.78 is 28.1. The molecule has 0 heterocycles. The summed E-state index contributed by atoms with van der Waals surface area (Å²) in [6, 6.07) is 0.696. The Bertz CT molecular complexity index is 225. The minimum absolute atomic E-state index is 0.335. The topological polar surface area (TPSA) is 46.2 Å². The fourth-order valence-corrected chi connectivity index (χ4v) is 4.89. The number of methoxy groups -OCH3 is 2. The highest BCUT2D eigenvalue weighted by Gasteiger charge is 2.44. The van der Waals surface area contributed by atoms with E-state index in [9.17, 15) is 0 Å². The summed E-state index contributed by atoms with van der Waals surface area (Å²) in [4.78, 5) is 0. The van der Waals surface area contributed by atoms with E-state index in [0.29, 0.717) is 38.4 Å². The van der Waals surface area contributed by atoms with Crippen LogP contribution in [0.4, 0.5) is 0 Å². The maximum absolute atomic E-state index is 6.15. The van der Waals surface area contributed by atoms with Crippen LogP contribution in [0.1, 0.15) is 27.2 Å². The summed E-state index contributed by atoms with van der Waals surface area (Å²) in [6.45, 7) is 7.91. The summed E-state index contributed by atoms with van der Waals surface area (Å²) in [5.41, 5.74) is -0.335. The molecule has 0 aliphatic carbocycles. The lowest BCUT2D eigenvalue weighted by Gasteiger charge is -2.35. The van der Waals surface area contributed by atoms with Crippen LogP contribution in [-0.4, -0.2) is 60.9 Å². The van der Waals surface area contributed by atoms with Gasteiger partial charge in [-0.3, -0.25) is 0 Å². The molecule has 0 rings (SSSR count). The van der Waals surface area contributed by atoms with Crippen molar-refractivity contribution in [1.29, 1.82) is 0 Å². The molecule has 0 N–H and O–H groups in total. The maximum Gasteiger partial charge on any atom is 0.501 e. The molecule has 0 aliphatic rings. The van der Waals surface area contributed by atoms with Crippen molar-refractivity contribution >= 4 is 20.4 Å². The predicted octanol–water partition coefficient (Wildman–Crippen LogP) is 2.70. The first-order valence-electron chi connectivity index (χ1n) is 6.91. The Hall–Kier alpha value is 0.307. The number of halogens is 1. The number of alkyl halides is 1. The third-order valence-corrected chi connectivity index (χ3v) is 5.74. The van der Waals surface area contributed by atoms with Gasteiger partial charge in [0, 0.05) is 26.1 Å². The molecule has 20 heavy (non-hydrogen) atoms. The first-order chi connectivity index (χ1) is 9.39. The minimum atomic E-state index is -2.77. The van der Waals surface area contributed by atoms with Crippen molar-refractivity contribution in [2.45, 2.75) is 38.8 Å². The van der Waals surface area contributed by atoms with Crippen LogP contribution < -0.4 is 0 Å². The second-order valence-electron chi connectivity index (χ2n) is 5.37. The van der Waals surface area contributed by atoms with Crippen molar-refractivity contribution in [2.75, 3.05) is 46.5 Å². The second kappa shape index (κ2) is 11.0. The highest BCUT2D eigenvalue weighted by molar-refractivity contribution is 6.60.